The average molecular weight is 342 g/mol. The lowest BCUT2D eigenvalue weighted by Crippen LogP contribution is -2.10. The van der Waals surface area contributed by atoms with Gasteiger partial charge in [0.1, 0.15) is 11.6 Å². The summed E-state index contributed by atoms with van der Waals surface area (Å²) in [7, 11) is 0. The number of aromatic amines is 1. The van der Waals surface area contributed by atoms with E-state index in [-0.39, 0.29) is 5.82 Å². The fraction of sp³-hybridized carbons (Fsp3) is 0.263. The van der Waals surface area contributed by atoms with E-state index in [4.69, 9.17) is 11.6 Å². The second-order valence-corrected chi connectivity index (χ2v) is 6.71. The molecule has 5 heteroatoms. The van der Waals surface area contributed by atoms with Gasteiger partial charge in [-0.25, -0.2) is 9.37 Å². The van der Waals surface area contributed by atoms with Crippen molar-refractivity contribution in [1.82, 2.24) is 15.0 Å². The molecule has 4 rings (SSSR count). The Hall–Kier alpha value is -2.20. The van der Waals surface area contributed by atoms with Crippen LogP contribution in [0.2, 0.25) is 5.02 Å². The highest BCUT2D eigenvalue weighted by Crippen LogP contribution is 2.32. The summed E-state index contributed by atoms with van der Waals surface area (Å²) in [5.74, 6) is 1.27. The molecule has 24 heavy (non-hydrogen) atoms. The summed E-state index contributed by atoms with van der Waals surface area (Å²) in [5, 5.41) is 0.710. The van der Waals surface area contributed by atoms with E-state index in [2.05, 4.69) is 21.0 Å². The van der Waals surface area contributed by atoms with Crippen molar-refractivity contribution >= 4 is 28.2 Å². The molecule has 3 nitrogen and oxygen atoms in total. The molecule has 0 spiro atoms. The molecule has 1 N–H and O–H groups in total. The first-order valence-corrected chi connectivity index (χ1v) is 8.50. The fourth-order valence-corrected chi connectivity index (χ4v) is 3.53. The van der Waals surface area contributed by atoms with E-state index in [0.717, 1.165) is 48.1 Å². The molecule has 0 aliphatic heterocycles. The lowest BCUT2D eigenvalue weighted by atomic mass is 9.85. The van der Waals surface area contributed by atoms with Crippen molar-refractivity contribution in [3.05, 3.63) is 65.0 Å². The molecule has 1 aliphatic carbocycles. The second-order valence-electron chi connectivity index (χ2n) is 6.27. The molecule has 122 valence electrons. The highest BCUT2D eigenvalue weighted by atomic mass is 35.5. The Morgan fingerprint density at radius 1 is 1.29 bits per heavy atom. The monoisotopic (exact) mass is 341 g/mol. The minimum atomic E-state index is -0.239. The number of hydrogen-bond acceptors (Lipinski definition) is 2. The third-order valence-corrected chi connectivity index (χ3v) is 4.85. The van der Waals surface area contributed by atoms with E-state index in [9.17, 15) is 4.39 Å². The van der Waals surface area contributed by atoms with E-state index < -0.39 is 0 Å². The molecule has 1 aliphatic rings. The van der Waals surface area contributed by atoms with Crippen LogP contribution in [0.4, 0.5) is 4.39 Å². The third kappa shape index (κ3) is 3.06. The van der Waals surface area contributed by atoms with Crippen molar-refractivity contribution in [3.8, 4) is 0 Å². The van der Waals surface area contributed by atoms with Crippen LogP contribution in [-0.2, 0) is 6.42 Å². The molecule has 2 aromatic heterocycles. The largest absolute Gasteiger partial charge is 0.342 e. The fourth-order valence-electron chi connectivity index (χ4n) is 3.36. The standard InChI is InChI=1S/C19H17ClFN3/c20-14-5-6-17-18(10-14)24-19(23-17)9-12-1-3-13(4-2-12)15-7-8-22-11-16(15)21/h3,5-8,10-12H,1-2,4,9H2,(H,23,24). The molecule has 0 bridgehead atoms. The van der Waals surface area contributed by atoms with Crippen LogP contribution < -0.4 is 0 Å². The predicted octanol–water partition coefficient (Wildman–Crippen LogP) is 5.18. The number of halogens is 2. The van der Waals surface area contributed by atoms with E-state index >= 15 is 0 Å². The number of nitrogens with one attached hydrogen (secondary N) is 1. The van der Waals surface area contributed by atoms with Crippen LogP contribution in [0.3, 0.4) is 0 Å². The van der Waals surface area contributed by atoms with E-state index in [1.165, 1.54) is 6.20 Å². The van der Waals surface area contributed by atoms with E-state index in [0.29, 0.717) is 16.5 Å². The van der Waals surface area contributed by atoms with E-state index in [1.54, 1.807) is 12.3 Å². The first-order chi connectivity index (χ1) is 11.7. The molecule has 0 amide bonds. The van der Waals surface area contributed by atoms with Gasteiger partial charge in [-0.3, -0.25) is 4.98 Å². The molecule has 0 fully saturated rings. The first kappa shape index (κ1) is 15.3. The summed E-state index contributed by atoms with van der Waals surface area (Å²) < 4.78 is 13.8. The predicted molar refractivity (Wildman–Crippen MR) is 94.3 cm³/mol. The zero-order valence-electron chi connectivity index (χ0n) is 13.1. The molecular weight excluding hydrogens is 325 g/mol. The summed E-state index contributed by atoms with van der Waals surface area (Å²) >= 11 is 6.02. The Balaban J connectivity index is 1.48. The summed E-state index contributed by atoms with van der Waals surface area (Å²) in [6.07, 6.45) is 8.84. The molecule has 2 heterocycles. The van der Waals surface area contributed by atoms with Gasteiger partial charge in [0.05, 0.1) is 17.2 Å². The smallest absolute Gasteiger partial charge is 0.148 e. The molecule has 0 saturated heterocycles. The number of allylic oxidation sites excluding steroid dienone is 2. The van der Waals surface area contributed by atoms with Gasteiger partial charge in [0.15, 0.2) is 0 Å². The maximum atomic E-state index is 13.8. The lowest BCUT2D eigenvalue weighted by molar-refractivity contribution is 0.473. The van der Waals surface area contributed by atoms with Gasteiger partial charge in [-0.1, -0.05) is 17.7 Å². The molecular formula is C19H17ClFN3. The number of nitrogens with zero attached hydrogens (tertiary/aromatic N) is 2. The highest BCUT2D eigenvalue weighted by Gasteiger charge is 2.19. The molecule has 1 aromatic carbocycles. The number of H-pyrrole nitrogens is 1. The number of rotatable bonds is 3. The van der Waals surface area contributed by atoms with Crippen LogP contribution in [0.25, 0.3) is 16.6 Å². The van der Waals surface area contributed by atoms with Crippen molar-refractivity contribution in [2.45, 2.75) is 25.7 Å². The Morgan fingerprint density at radius 3 is 3.00 bits per heavy atom. The third-order valence-electron chi connectivity index (χ3n) is 4.61. The van der Waals surface area contributed by atoms with Gasteiger partial charge in [-0.05, 0) is 55.0 Å². The van der Waals surface area contributed by atoms with Crippen molar-refractivity contribution < 1.29 is 4.39 Å². The summed E-state index contributed by atoms with van der Waals surface area (Å²) in [6.45, 7) is 0. The Kier molecular flexibility index (Phi) is 4.07. The van der Waals surface area contributed by atoms with Crippen LogP contribution >= 0.6 is 11.6 Å². The van der Waals surface area contributed by atoms with Crippen molar-refractivity contribution in [2.24, 2.45) is 5.92 Å². The number of hydrogen-bond donors (Lipinski definition) is 1. The maximum Gasteiger partial charge on any atom is 0.148 e. The van der Waals surface area contributed by atoms with Gasteiger partial charge < -0.3 is 4.98 Å². The topological polar surface area (TPSA) is 41.6 Å². The SMILES string of the molecule is Fc1cnccc1C1=CCC(Cc2nc3ccc(Cl)cc3[nH]2)CC1. The van der Waals surface area contributed by atoms with Crippen molar-refractivity contribution in [3.63, 3.8) is 0 Å². The summed E-state index contributed by atoms with van der Waals surface area (Å²) in [6, 6.07) is 7.44. The van der Waals surface area contributed by atoms with Gasteiger partial charge in [0.25, 0.3) is 0 Å². The van der Waals surface area contributed by atoms with E-state index in [1.807, 2.05) is 18.2 Å². The van der Waals surface area contributed by atoms with Gasteiger partial charge >= 0.3 is 0 Å². The van der Waals surface area contributed by atoms with Gasteiger partial charge in [-0.15, -0.1) is 0 Å². The number of imidazole rings is 1. The van der Waals surface area contributed by atoms with Crippen molar-refractivity contribution in [1.29, 1.82) is 0 Å². The average Bonchev–Trinajstić information content (AvgIpc) is 2.97. The van der Waals surface area contributed by atoms with Crippen LogP contribution in [0.15, 0.2) is 42.7 Å². The second kappa shape index (κ2) is 6.36. The Morgan fingerprint density at radius 2 is 2.21 bits per heavy atom. The quantitative estimate of drug-likeness (QED) is 0.713. The van der Waals surface area contributed by atoms with Crippen LogP contribution in [-0.4, -0.2) is 15.0 Å². The van der Waals surface area contributed by atoms with Crippen LogP contribution in [0, 0.1) is 11.7 Å². The number of aromatic nitrogens is 3. The Labute approximate surface area is 144 Å². The number of pyridine rings is 1. The molecule has 1 unspecified atom stereocenters. The Bertz CT molecular complexity index is 916. The number of fused-ring (bicyclic) bond motifs is 1. The highest BCUT2D eigenvalue weighted by molar-refractivity contribution is 6.31. The van der Waals surface area contributed by atoms with Gasteiger partial charge in [0.2, 0.25) is 0 Å². The van der Waals surface area contributed by atoms with Crippen LogP contribution in [0.5, 0.6) is 0 Å². The van der Waals surface area contributed by atoms with Crippen LogP contribution in [0.1, 0.15) is 30.7 Å². The molecule has 0 saturated carbocycles. The van der Waals surface area contributed by atoms with Gasteiger partial charge in [0, 0.05) is 23.2 Å². The van der Waals surface area contributed by atoms with Crippen molar-refractivity contribution in [2.75, 3.05) is 0 Å². The lowest BCUT2D eigenvalue weighted by Gasteiger charge is -2.21. The normalized spacial score (nSPS) is 17.9. The van der Waals surface area contributed by atoms with Gasteiger partial charge in [-0.2, -0.15) is 0 Å². The zero-order chi connectivity index (χ0) is 16.5. The number of benzene rings is 1. The first-order valence-electron chi connectivity index (χ1n) is 8.12. The summed E-state index contributed by atoms with van der Waals surface area (Å²) in [5.41, 5.74) is 3.69. The minimum Gasteiger partial charge on any atom is -0.342 e. The maximum absolute atomic E-state index is 13.8. The molecule has 3 aromatic rings. The molecule has 0 radical (unpaired) electrons. The zero-order valence-corrected chi connectivity index (χ0v) is 13.9. The molecule has 1 atom stereocenters. The minimum absolute atomic E-state index is 0.239. The summed E-state index contributed by atoms with van der Waals surface area (Å²) in [4.78, 5) is 11.8.